The predicted molar refractivity (Wildman–Crippen MR) is 189 cm³/mol. The number of ether oxygens (including phenoxy) is 2. The molecule has 2 aliphatic carbocycles. The molecule has 5 aliphatic rings. The number of aryl methyl sites for hydroxylation is 1. The van der Waals surface area contributed by atoms with Gasteiger partial charge in [0, 0.05) is 49.3 Å². The molecule has 2 aromatic rings. The maximum Gasteiger partial charge on any atom is 0.329 e. The van der Waals surface area contributed by atoms with Gasteiger partial charge in [0.25, 0.3) is 5.91 Å². The van der Waals surface area contributed by atoms with Gasteiger partial charge in [0.05, 0.1) is 24.2 Å². The van der Waals surface area contributed by atoms with Crippen molar-refractivity contribution in [3.05, 3.63) is 58.1 Å². The van der Waals surface area contributed by atoms with Crippen molar-refractivity contribution in [1.29, 1.82) is 0 Å². The number of methoxy groups -OCH3 is 1. The molecule has 2 fully saturated rings. The number of urea groups is 1. The first-order valence-electron chi connectivity index (χ1n) is 17.7. The third-order valence-corrected chi connectivity index (χ3v) is 13.7. The van der Waals surface area contributed by atoms with E-state index in [1.165, 1.54) is 11.1 Å². The standard InChI is InChI=1S/C37H49ClN4O5S/c1-24-6-4-8-33(46-3)30-12-9-28(30)20-42-22-37(15-5-7-26-16-29(38)11-13-31(26)37)23-47-34-14-10-27(17-32(34)42)35(43)39-48(45,21-24)40-36(44)41-18-25(2)19-41/h10-11,13-14,16-17,24-25,28,30,33H,4-9,12,15,18-23H2,1-3H3,(H,39,40,43,44,45)/t24-,28-,30+,33-,37-,48?/m0/s1. The van der Waals surface area contributed by atoms with E-state index in [2.05, 4.69) is 33.0 Å². The summed E-state index contributed by atoms with van der Waals surface area (Å²) in [6, 6.07) is 11.3. The fraction of sp³-hybridized carbons (Fsp3) is 0.622. The highest BCUT2D eigenvalue weighted by Gasteiger charge is 2.44. The largest absolute Gasteiger partial charge is 0.490 e. The third-order valence-electron chi connectivity index (χ3n) is 11.5. The van der Waals surface area contributed by atoms with E-state index < -0.39 is 21.9 Å². The van der Waals surface area contributed by atoms with E-state index in [0.29, 0.717) is 43.0 Å². The van der Waals surface area contributed by atoms with E-state index in [-0.39, 0.29) is 23.2 Å². The van der Waals surface area contributed by atoms with Gasteiger partial charge in [-0.25, -0.2) is 9.00 Å². The topological polar surface area (TPSA) is 101 Å². The van der Waals surface area contributed by atoms with Gasteiger partial charge in [0.1, 0.15) is 15.7 Å². The first-order valence-corrected chi connectivity index (χ1v) is 19.8. The maximum atomic E-state index is 14.4. The van der Waals surface area contributed by atoms with Gasteiger partial charge in [-0.15, -0.1) is 4.36 Å². The van der Waals surface area contributed by atoms with E-state index in [1.54, 1.807) is 11.0 Å². The summed E-state index contributed by atoms with van der Waals surface area (Å²) in [5.74, 6) is 1.56. The Morgan fingerprint density at radius 2 is 1.90 bits per heavy atom. The molecule has 1 N–H and O–H groups in total. The minimum atomic E-state index is -3.38. The fourth-order valence-corrected chi connectivity index (χ4v) is 10.9. The van der Waals surface area contributed by atoms with Crippen molar-refractivity contribution >= 4 is 39.1 Å². The lowest BCUT2D eigenvalue weighted by Crippen LogP contribution is -2.54. The fourth-order valence-electron chi connectivity index (χ4n) is 8.84. The van der Waals surface area contributed by atoms with Crippen LogP contribution < -0.4 is 14.4 Å². The molecule has 1 spiro atoms. The van der Waals surface area contributed by atoms with Crippen molar-refractivity contribution in [2.24, 2.45) is 28.0 Å². The lowest BCUT2D eigenvalue weighted by Gasteiger charge is -2.46. The van der Waals surface area contributed by atoms with Crippen molar-refractivity contribution in [3.8, 4) is 5.75 Å². The lowest BCUT2D eigenvalue weighted by molar-refractivity contribution is -0.0223. The molecule has 3 aliphatic heterocycles. The van der Waals surface area contributed by atoms with Gasteiger partial charge < -0.3 is 19.3 Å². The van der Waals surface area contributed by atoms with Crippen LogP contribution in [0.3, 0.4) is 0 Å². The first kappa shape index (κ1) is 33.7. The molecule has 0 radical (unpaired) electrons. The Morgan fingerprint density at radius 3 is 2.65 bits per heavy atom. The zero-order valence-electron chi connectivity index (χ0n) is 28.4. The predicted octanol–water partition coefficient (Wildman–Crippen LogP) is 6.86. The number of carbonyl (C=O) groups excluding carboxylic acids is 2. The zero-order valence-corrected chi connectivity index (χ0v) is 30.0. The van der Waals surface area contributed by atoms with Crippen molar-refractivity contribution in [2.45, 2.75) is 76.7 Å². The average molecular weight is 697 g/mol. The molecule has 48 heavy (non-hydrogen) atoms. The molecule has 0 aromatic heterocycles. The number of likely N-dealkylation sites (tertiary alicyclic amines) is 1. The highest BCUT2D eigenvalue weighted by molar-refractivity contribution is 7.92. The van der Waals surface area contributed by atoms with Crippen LogP contribution in [0.2, 0.25) is 5.02 Å². The van der Waals surface area contributed by atoms with Gasteiger partial charge in [-0.2, -0.15) is 0 Å². The van der Waals surface area contributed by atoms with Gasteiger partial charge >= 0.3 is 6.03 Å². The summed E-state index contributed by atoms with van der Waals surface area (Å²) in [7, 11) is -1.56. The van der Waals surface area contributed by atoms with E-state index in [4.69, 9.17) is 21.1 Å². The SMILES string of the molecule is CO[C@H]1CCC[C@H](C)CS(=O)(NC(=O)N2CC(C)C2)=NC(=O)c2ccc3c(c2)N(C[C@@H]2CC[C@H]21)C[C@@]1(CCCc2cc(Cl)ccc21)CO3. The Bertz CT molecular complexity index is 1690. The number of hydrogen-bond acceptors (Lipinski definition) is 6. The molecule has 1 saturated carbocycles. The second-order valence-corrected chi connectivity index (χ2v) is 17.7. The number of benzene rings is 2. The number of anilines is 1. The van der Waals surface area contributed by atoms with Crippen LogP contribution in [0.1, 0.15) is 80.3 Å². The monoisotopic (exact) mass is 696 g/mol. The number of rotatable bonds is 2. The quantitative estimate of drug-likeness (QED) is 0.369. The molecular weight excluding hydrogens is 648 g/mol. The summed E-state index contributed by atoms with van der Waals surface area (Å²) in [4.78, 5) is 31.0. The van der Waals surface area contributed by atoms with Crippen LogP contribution in [-0.4, -0.2) is 72.8 Å². The maximum absolute atomic E-state index is 14.4. The highest BCUT2D eigenvalue weighted by Crippen LogP contribution is 2.47. The number of nitrogens with one attached hydrogen (secondary N) is 1. The Hall–Kier alpha value is -2.82. The average Bonchev–Trinajstić information content (AvgIpc) is 3.17. The van der Waals surface area contributed by atoms with E-state index in [0.717, 1.165) is 80.9 Å². The molecule has 9 nitrogen and oxygen atoms in total. The highest BCUT2D eigenvalue weighted by atomic mass is 35.5. The molecule has 260 valence electrons. The smallest absolute Gasteiger partial charge is 0.329 e. The van der Waals surface area contributed by atoms with Crippen LogP contribution in [0.4, 0.5) is 10.5 Å². The number of hydrogen-bond donors (Lipinski definition) is 1. The van der Waals surface area contributed by atoms with Crippen LogP contribution in [0, 0.1) is 23.7 Å². The van der Waals surface area contributed by atoms with Crippen molar-refractivity contribution in [3.63, 3.8) is 0 Å². The molecular formula is C37H49ClN4O5S. The van der Waals surface area contributed by atoms with Crippen LogP contribution in [0.5, 0.6) is 5.75 Å². The van der Waals surface area contributed by atoms with Crippen molar-refractivity contribution in [1.82, 2.24) is 9.62 Å². The third kappa shape index (κ3) is 6.69. The molecule has 11 heteroatoms. The number of nitrogens with zero attached hydrogens (tertiary/aromatic N) is 3. The molecule has 2 aromatic carbocycles. The van der Waals surface area contributed by atoms with Crippen LogP contribution in [0.25, 0.3) is 0 Å². The minimum absolute atomic E-state index is 0.00681. The van der Waals surface area contributed by atoms with E-state index in [9.17, 15) is 13.8 Å². The van der Waals surface area contributed by atoms with Gasteiger partial charge in [0.15, 0.2) is 0 Å². The minimum Gasteiger partial charge on any atom is -0.490 e. The zero-order chi connectivity index (χ0) is 33.6. The number of carbonyl (C=O) groups is 2. The van der Waals surface area contributed by atoms with Crippen LogP contribution in [-0.2, 0) is 26.5 Å². The number of amides is 3. The summed E-state index contributed by atoms with van der Waals surface area (Å²) < 4.78 is 34.2. The van der Waals surface area contributed by atoms with Gasteiger partial charge in [-0.3, -0.25) is 9.52 Å². The molecule has 1 saturated heterocycles. The second kappa shape index (κ2) is 13.5. The molecule has 3 amide bonds. The summed E-state index contributed by atoms with van der Waals surface area (Å²) in [5.41, 5.74) is 3.56. The molecule has 2 bridgehead atoms. The number of halogens is 1. The van der Waals surface area contributed by atoms with Gasteiger partial charge in [-0.1, -0.05) is 37.9 Å². The summed E-state index contributed by atoms with van der Waals surface area (Å²) in [6.07, 6.45) is 8.10. The summed E-state index contributed by atoms with van der Waals surface area (Å²) >= 11 is 6.45. The normalized spacial score (nSPS) is 32.5. The van der Waals surface area contributed by atoms with Crippen molar-refractivity contribution in [2.75, 3.05) is 50.5 Å². The summed E-state index contributed by atoms with van der Waals surface area (Å²) in [6.45, 7) is 7.42. The van der Waals surface area contributed by atoms with Gasteiger partial charge in [0.2, 0.25) is 0 Å². The van der Waals surface area contributed by atoms with Crippen molar-refractivity contribution < 1.29 is 23.3 Å². The molecule has 3 heterocycles. The Labute approximate surface area is 290 Å². The molecule has 7 rings (SSSR count). The first-order chi connectivity index (χ1) is 23.0. The Balaban J connectivity index is 1.28. The Kier molecular flexibility index (Phi) is 9.45. The molecule has 6 atom stereocenters. The van der Waals surface area contributed by atoms with Crippen LogP contribution in [0.15, 0.2) is 40.8 Å². The second-order valence-electron chi connectivity index (χ2n) is 15.2. The van der Waals surface area contributed by atoms with E-state index in [1.807, 2.05) is 32.2 Å². The summed E-state index contributed by atoms with van der Waals surface area (Å²) in [5, 5.41) is 0.755. The van der Waals surface area contributed by atoms with Crippen LogP contribution >= 0.6 is 11.6 Å². The number of fused-ring (bicyclic) bond motifs is 4. The molecule has 1 unspecified atom stereocenters. The Morgan fingerprint density at radius 1 is 1.06 bits per heavy atom. The van der Waals surface area contributed by atoms with E-state index >= 15 is 0 Å². The lowest BCUT2D eigenvalue weighted by atomic mass is 9.68. The van der Waals surface area contributed by atoms with Gasteiger partial charge in [-0.05, 0) is 110 Å².